The third-order valence-electron chi connectivity index (χ3n) is 3.14. The number of aliphatic carboxylic acids is 1. The third-order valence-corrected chi connectivity index (χ3v) is 3.14. The topological polar surface area (TPSA) is 58.6 Å². The SMILES string of the molecule is O=C(O)C1CCC(CNc2ccccc2C(F)(F)F)O1. The summed E-state index contributed by atoms with van der Waals surface area (Å²) in [6.07, 6.45) is -4.79. The molecule has 0 aliphatic carbocycles. The smallest absolute Gasteiger partial charge is 0.418 e. The first kappa shape index (κ1) is 14.6. The first-order valence-electron chi connectivity index (χ1n) is 6.16. The van der Waals surface area contributed by atoms with Gasteiger partial charge in [0.05, 0.1) is 11.7 Å². The van der Waals surface area contributed by atoms with Crippen molar-refractivity contribution in [3.63, 3.8) is 0 Å². The highest BCUT2D eigenvalue weighted by Gasteiger charge is 2.34. The van der Waals surface area contributed by atoms with Gasteiger partial charge in [0, 0.05) is 12.2 Å². The highest BCUT2D eigenvalue weighted by atomic mass is 19.4. The van der Waals surface area contributed by atoms with E-state index in [1.54, 1.807) is 0 Å². The van der Waals surface area contributed by atoms with Gasteiger partial charge in [-0.2, -0.15) is 13.2 Å². The Bertz CT molecular complexity index is 490. The number of rotatable bonds is 4. The second kappa shape index (κ2) is 5.70. The summed E-state index contributed by atoms with van der Waals surface area (Å²) in [5.74, 6) is -1.04. The summed E-state index contributed by atoms with van der Waals surface area (Å²) in [5, 5.41) is 11.5. The molecule has 1 aromatic rings. The lowest BCUT2D eigenvalue weighted by atomic mass is 10.1. The molecule has 20 heavy (non-hydrogen) atoms. The van der Waals surface area contributed by atoms with Gasteiger partial charge in [-0.25, -0.2) is 4.79 Å². The molecule has 2 atom stereocenters. The fourth-order valence-corrected chi connectivity index (χ4v) is 2.15. The fraction of sp³-hybridized carbons (Fsp3) is 0.462. The number of ether oxygens (including phenoxy) is 1. The lowest BCUT2D eigenvalue weighted by Crippen LogP contribution is -2.25. The molecule has 0 aromatic heterocycles. The van der Waals surface area contributed by atoms with Crippen LogP contribution in [0.1, 0.15) is 18.4 Å². The van der Waals surface area contributed by atoms with Crippen LogP contribution in [-0.2, 0) is 15.7 Å². The zero-order chi connectivity index (χ0) is 14.8. The van der Waals surface area contributed by atoms with Crippen LogP contribution >= 0.6 is 0 Å². The van der Waals surface area contributed by atoms with Crippen LogP contribution in [0.15, 0.2) is 24.3 Å². The molecule has 110 valence electrons. The average molecular weight is 289 g/mol. The second-order valence-corrected chi connectivity index (χ2v) is 4.59. The number of carboxylic acids is 1. The third kappa shape index (κ3) is 3.41. The van der Waals surface area contributed by atoms with Crippen LogP contribution in [0.5, 0.6) is 0 Å². The standard InChI is InChI=1S/C13H14F3NO3/c14-13(15,16)9-3-1-2-4-10(9)17-7-8-5-6-11(20-8)12(18)19/h1-4,8,11,17H,5-7H2,(H,18,19). The molecular weight excluding hydrogens is 275 g/mol. The van der Waals surface area contributed by atoms with Crippen LogP contribution in [0.2, 0.25) is 0 Å². The minimum atomic E-state index is -4.43. The predicted octanol–water partition coefficient (Wildman–Crippen LogP) is 2.75. The lowest BCUT2D eigenvalue weighted by Gasteiger charge is -2.17. The van der Waals surface area contributed by atoms with Gasteiger partial charge < -0.3 is 15.2 Å². The number of carbonyl (C=O) groups is 1. The van der Waals surface area contributed by atoms with Gasteiger partial charge >= 0.3 is 12.1 Å². The van der Waals surface area contributed by atoms with Gasteiger partial charge in [-0.3, -0.25) is 0 Å². The molecule has 4 nitrogen and oxygen atoms in total. The zero-order valence-corrected chi connectivity index (χ0v) is 10.5. The molecule has 0 spiro atoms. The summed E-state index contributed by atoms with van der Waals surface area (Å²) >= 11 is 0. The van der Waals surface area contributed by atoms with Crippen molar-refractivity contribution >= 4 is 11.7 Å². The second-order valence-electron chi connectivity index (χ2n) is 4.59. The van der Waals surface area contributed by atoms with E-state index in [0.717, 1.165) is 6.07 Å². The number of benzene rings is 1. The number of para-hydroxylation sites is 1. The van der Waals surface area contributed by atoms with Crippen molar-refractivity contribution in [3.05, 3.63) is 29.8 Å². The van der Waals surface area contributed by atoms with Crippen molar-refractivity contribution < 1.29 is 27.8 Å². The van der Waals surface area contributed by atoms with Crippen molar-refractivity contribution in [3.8, 4) is 0 Å². The van der Waals surface area contributed by atoms with Gasteiger partial charge in [-0.15, -0.1) is 0 Å². The number of hydrogen-bond donors (Lipinski definition) is 2. The van der Waals surface area contributed by atoms with Gasteiger partial charge in [0.15, 0.2) is 6.10 Å². The molecule has 1 fully saturated rings. The Morgan fingerprint density at radius 2 is 2.05 bits per heavy atom. The molecule has 0 saturated carbocycles. The van der Waals surface area contributed by atoms with Gasteiger partial charge in [0.2, 0.25) is 0 Å². The number of hydrogen-bond acceptors (Lipinski definition) is 3. The Morgan fingerprint density at radius 3 is 2.65 bits per heavy atom. The molecule has 0 radical (unpaired) electrons. The summed E-state index contributed by atoms with van der Waals surface area (Å²) in [6, 6.07) is 5.16. The van der Waals surface area contributed by atoms with E-state index >= 15 is 0 Å². The predicted molar refractivity (Wildman–Crippen MR) is 65.5 cm³/mol. The van der Waals surface area contributed by atoms with Crippen LogP contribution in [0.3, 0.4) is 0 Å². The maximum absolute atomic E-state index is 12.8. The molecule has 1 aliphatic heterocycles. The molecule has 0 bridgehead atoms. The molecule has 1 heterocycles. The van der Waals surface area contributed by atoms with Crippen LogP contribution < -0.4 is 5.32 Å². The summed E-state index contributed by atoms with van der Waals surface area (Å²) in [4.78, 5) is 10.7. The average Bonchev–Trinajstić information content (AvgIpc) is 2.84. The normalized spacial score (nSPS) is 22.8. The van der Waals surface area contributed by atoms with Crippen LogP contribution in [0.4, 0.5) is 18.9 Å². The lowest BCUT2D eigenvalue weighted by molar-refractivity contribution is -0.149. The van der Waals surface area contributed by atoms with E-state index in [4.69, 9.17) is 9.84 Å². The highest BCUT2D eigenvalue weighted by molar-refractivity contribution is 5.72. The first-order valence-corrected chi connectivity index (χ1v) is 6.16. The van der Waals surface area contributed by atoms with E-state index in [2.05, 4.69) is 5.32 Å². The van der Waals surface area contributed by atoms with E-state index in [9.17, 15) is 18.0 Å². The Balaban J connectivity index is 1.97. The molecule has 1 aromatic carbocycles. The summed E-state index contributed by atoms with van der Waals surface area (Å²) in [7, 11) is 0. The molecule has 2 unspecified atom stereocenters. The van der Waals surface area contributed by atoms with E-state index in [0.29, 0.717) is 12.8 Å². The van der Waals surface area contributed by atoms with Crippen LogP contribution in [0.25, 0.3) is 0 Å². The monoisotopic (exact) mass is 289 g/mol. The number of halogens is 3. The molecule has 2 N–H and O–H groups in total. The Kier molecular flexibility index (Phi) is 4.17. The molecule has 1 aliphatic rings. The Morgan fingerprint density at radius 1 is 1.35 bits per heavy atom. The van der Waals surface area contributed by atoms with E-state index in [1.165, 1.54) is 18.2 Å². The minimum absolute atomic E-state index is 0.0256. The molecule has 7 heteroatoms. The van der Waals surface area contributed by atoms with Crippen molar-refractivity contribution in [2.75, 3.05) is 11.9 Å². The van der Waals surface area contributed by atoms with Gasteiger partial charge in [-0.05, 0) is 25.0 Å². The van der Waals surface area contributed by atoms with Crippen LogP contribution in [-0.4, -0.2) is 29.8 Å². The van der Waals surface area contributed by atoms with Gasteiger partial charge in [0.1, 0.15) is 0 Å². The van der Waals surface area contributed by atoms with Crippen molar-refractivity contribution in [2.24, 2.45) is 0 Å². The first-order chi connectivity index (χ1) is 9.38. The van der Waals surface area contributed by atoms with Crippen molar-refractivity contribution in [1.29, 1.82) is 0 Å². The highest BCUT2D eigenvalue weighted by Crippen LogP contribution is 2.34. The van der Waals surface area contributed by atoms with E-state index in [1.807, 2.05) is 0 Å². The Hall–Kier alpha value is -1.76. The molecule has 0 amide bonds. The van der Waals surface area contributed by atoms with Crippen molar-refractivity contribution in [1.82, 2.24) is 0 Å². The summed E-state index contributed by atoms with van der Waals surface area (Å²) in [6.45, 7) is 0.150. The van der Waals surface area contributed by atoms with Gasteiger partial charge in [0.25, 0.3) is 0 Å². The van der Waals surface area contributed by atoms with Crippen molar-refractivity contribution in [2.45, 2.75) is 31.2 Å². The number of nitrogens with one attached hydrogen (secondary N) is 1. The van der Waals surface area contributed by atoms with Crippen LogP contribution in [0, 0.1) is 0 Å². The number of anilines is 1. The van der Waals surface area contributed by atoms with E-state index in [-0.39, 0.29) is 12.2 Å². The maximum atomic E-state index is 12.8. The molecular formula is C13H14F3NO3. The largest absolute Gasteiger partial charge is 0.479 e. The molecule has 1 saturated heterocycles. The van der Waals surface area contributed by atoms with Gasteiger partial charge in [-0.1, -0.05) is 12.1 Å². The Labute approximate surface area is 113 Å². The summed E-state index contributed by atoms with van der Waals surface area (Å²) < 4.78 is 43.5. The maximum Gasteiger partial charge on any atom is 0.418 e. The van der Waals surface area contributed by atoms with E-state index < -0.39 is 29.9 Å². The molecule has 2 rings (SSSR count). The minimum Gasteiger partial charge on any atom is -0.479 e. The number of carboxylic acid groups (broad SMARTS) is 1. The number of alkyl halides is 3. The fourth-order valence-electron chi connectivity index (χ4n) is 2.15. The summed E-state index contributed by atoms with van der Waals surface area (Å²) in [5.41, 5.74) is -0.768. The quantitative estimate of drug-likeness (QED) is 0.895. The zero-order valence-electron chi connectivity index (χ0n) is 10.5.